The molecule has 0 saturated carbocycles. The number of nitrogens with one attached hydrogen (secondary N) is 1. The lowest BCUT2D eigenvalue weighted by atomic mass is 10.4. The SMILES string of the molecule is COCCNC(=O)CN(C)C(=O)c1cn(CC(=O)O)nn1. The number of carboxylic acids is 1. The first kappa shape index (κ1) is 16.6. The number of rotatable bonds is 8. The Labute approximate surface area is 120 Å². The average Bonchev–Trinajstić information content (AvgIpc) is 2.85. The third-order valence-corrected chi connectivity index (χ3v) is 2.41. The van der Waals surface area contributed by atoms with E-state index in [9.17, 15) is 14.4 Å². The average molecular weight is 299 g/mol. The molecule has 0 fully saturated rings. The van der Waals surface area contributed by atoms with Crippen molar-refractivity contribution in [2.45, 2.75) is 6.54 Å². The molecule has 0 aliphatic rings. The highest BCUT2D eigenvalue weighted by Crippen LogP contribution is 1.99. The van der Waals surface area contributed by atoms with Crippen molar-refractivity contribution in [1.82, 2.24) is 25.2 Å². The van der Waals surface area contributed by atoms with E-state index in [4.69, 9.17) is 9.84 Å². The summed E-state index contributed by atoms with van der Waals surface area (Å²) >= 11 is 0. The maximum atomic E-state index is 12.0. The van der Waals surface area contributed by atoms with Crippen molar-refractivity contribution in [3.05, 3.63) is 11.9 Å². The van der Waals surface area contributed by atoms with Gasteiger partial charge in [-0.05, 0) is 0 Å². The number of amides is 2. The maximum absolute atomic E-state index is 12.0. The van der Waals surface area contributed by atoms with Gasteiger partial charge in [-0.3, -0.25) is 14.4 Å². The Bertz CT molecular complexity index is 515. The molecule has 1 heterocycles. The van der Waals surface area contributed by atoms with Crippen LogP contribution in [0.2, 0.25) is 0 Å². The number of methoxy groups -OCH3 is 1. The van der Waals surface area contributed by atoms with Gasteiger partial charge in [0, 0.05) is 20.7 Å². The molecular formula is C11H17N5O5. The van der Waals surface area contributed by atoms with Crippen LogP contribution in [0.5, 0.6) is 0 Å². The number of nitrogens with zero attached hydrogens (tertiary/aromatic N) is 4. The fourth-order valence-electron chi connectivity index (χ4n) is 1.44. The number of hydrogen-bond acceptors (Lipinski definition) is 6. The zero-order valence-electron chi connectivity index (χ0n) is 11.8. The van der Waals surface area contributed by atoms with Crippen LogP contribution in [0, 0.1) is 0 Å². The maximum Gasteiger partial charge on any atom is 0.325 e. The minimum absolute atomic E-state index is 0.0246. The summed E-state index contributed by atoms with van der Waals surface area (Å²) in [6.45, 7) is 0.203. The first-order chi connectivity index (χ1) is 9.93. The van der Waals surface area contributed by atoms with Gasteiger partial charge < -0.3 is 20.1 Å². The van der Waals surface area contributed by atoms with Crippen LogP contribution in [-0.4, -0.2) is 76.6 Å². The summed E-state index contributed by atoms with van der Waals surface area (Å²) in [5.74, 6) is -1.95. The van der Waals surface area contributed by atoms with Crippen LogP contribution in [0.3, 0.4) is 0 Å². The van der Waals surface area contributed by atoms with E-state index in [-0.39, 0.29) is 24.7 Å². The quantitative estimate of drug-likeness (QED) is 0.542. The van der Waals surface area contributed by atoms with E-state index in [1.807, 2.05) is 0 Å². The summed E-state index contributed by atoms with van der Waals surface area (Å²) in [7, 11) is 2.96. The van der Waals surface area contributed by atoms with Gasteiger partial charge in [-0.1, -0.05) is 5.21 Å². The number of carbonyl (C=O) groups is 3. The Hall–Kier alpha value is -2.49. The van der Waals surface area contributed by atoms with E-state index < -0.39 is 11.9 Å². The fraction of sp³-hybridized carbons (Fsp3) is 0.545. The molecule has 10 nitrogen and oxygen atoms in total. The summed E-state index contributed by atoms with van der Waals surface area (Å²) in [5, 5.41) is 18.3. The zero-order chi connectivity index (χ0) is 15.8. The van der Waals surface area contributed by atoms with Crippen molar-refractivity contribution >= 4 is 17.8 Å². The zero-order valence-corrected chi connectivity index (χ0v) is 11.8. The van der Waals surface area contributed by atoms with Crippen molar-refractivity contribution in [2.75, 3.05) is 33.9 Å². The summed E-state index contributed by atoms with van der Waals surface area (Å²) in [5.41, 5.74) is -0.0246. The number of hydrogen-bond donors (Lipinski definition) is 2. The number of ether oxygens (including phenoxy) is 1. The van der Waals surface area contributed by atoms with Gasteiger partial charge in [-0.25, -0.2) is 4.68 Å². The molecule has 0 atom stereocenters. The second-order valence-electron chi connectivity index (χ2n) is 4.20. The highest BCUT2D eigenvalue weighted by Gasteiger charge is 2.18. The lowest BCUT2D eigenvalue weighted by Crippen LogP contribution is -2.39. The van der Waals surface area contributed by atoms with Crippen molar-refractivity contribution in [3.63, 3.8) is 0 Å². The molecule has 116 valence electrons. The molecule has 1 aromatic rings. The Balaban J connectivity index is 2.51. The Morgan fingerprint density at radius 3 is 2.81 bits per heavy atom. The van der Waals surface area contributed by atoms with Crippen molar-refractivity contribution in [1.29, 1.82) is 0 Å². The summed E-state index contributed by atoms with van der Waals surface area (Å²) in [6, 6.07) is 0. The van der Waals surface area contributed by atoms with Gasteiger partial charge in [-0.2, -0.15) is 0 Å². The number of carboxylic acid groups (broad SMARTS) is 1. The van der Waals surface area contributed by atoms with Crippen LogP contribution in [0.1, 0.15) is 10.5 Å². The molecule has 2 N–H and O–H groups in total. The summed E-state index contributed by atoms with van der Waals surface area (Å²) in [6.07, 6.45) is 1.22. The third kappa shape index (κ3) is 5.57. The van der Waals surface area contributed by atoms with Crippen molar-refractivity contribution in [2.24, 2.45) is 0 Å². The highest BCUT2D eigenvalue weighted by atomic mass is 16.5. The standard InChI is InChI=1S/C11H17N5O5/c1-15(6-9(17)12-3-4-21-2)11(20)8-5-16(14-13-8)7-10(18)19/h5H,3-4,6-7H2,1-2H3,(H,12,17)(H,18,19). The second kappa shape index (κ2) is 7.94. The first-order valence-electron chi connectivity index (χ1n) is 6.07. The Kier molecular flexibility index (Phi) is 6.27. The molecule has 1 rings (SSSR count). The van der Waals surface area contributed by atoms with Crippen LogP contribution in [0.25, 0.3) is 0 Å². The molecule has 2 amide bonds. The van der Waals surface area contributed by atoms with E-state index in [1.54, 1.807) is 0 Å². The van der Waals surface area contributed by atoms with Gasteiger partial charge in [0.15, 0.2) is 5.69 Å². The molecular weight excluding hydrogens is 282 g/mol. The van der Waals surface area contributed by atoms with E-state index in [0.717, 1.165) is 9.58 Å². The molecule has 0 unspecified atom stereocenters. The smallest absolute Gasteiger partial charge is 0.325 e. The summed E-state index contributed by atoms with van der Waals surface area (Å²) in [4.78, 5) is 35.2. The van der Waals surface area contributed by atoms with Crippen LogP contribution < -0.4 is 5.32 Å². The second-order valence-corrected chi connectivity index (χ2v) is 4.20. The minimum Gasteiger partial charge on any atom is -0.480 e. The van der Waals surface area contributed by atoms with Gasteiger partial charge in [0.2, 0.25) is 5.91 Å². The van der Waals surface area contributed by atoms with Gasteiger partial charge in [0.05, 0.1) is 19.3 Å². The third-order valence-electron chi connectivity index (χ3n) is 2.41. The lowest BCUT2D eigenvalue weighted by molar-refractivity contribution is -0.137. The lowest BCUT2D eigenvalue weighted by Gasteiger charge is -2.15. The summed E-state index contributed by atoms with van der Waals surface area (Å²) < 4.78 is 5.81. The molecule has 1 aromatic heterocycles. The van der Waals surface area contributed by atoms with Gasteiger partial charge in [-0.15, -0.1) is 5.10 Å². The monoisotopic (exact) mass is 299 g/mol. The van der Waals surface area contributed by atoms with Gasteiger partial charge in [0.1, 0.15) is 6.54 Å². The Morgan fingerprint density at radius 1 is 1.48 bits per heavy atom. The molecule has 0 bridgehead atoms. The normalized spacial score (nSPS) is 10.2. The Morgan fingerprint density at radius 2 is 2.19 bits per heavy atom. The van der Waals surface area contributed by atoms with E-state index >= 15 is 0 Å². The number of likely N-dealkylation sites (N-methyl/N-ethyl adjacent to an activating group) is 1. The van der Waals surface area contributed by atoms with E-state index in [2.05, 4.69) is 15.6 Å². The molecule has 10 heteroatoms. The molecule has 0 radical (unpaired) electrons. The molecule has 21 heavy (non-hydrogen) atoms. The molecule has 0 aromatic carbocycles. The molecule has 0 aliphatic heterocycles. The predicted molar refractivity (Wildman–Crippen MR) is 69.5 cm³/mol. The van der Waals surface area contributed by atoms with Gasteiger partial charge in [0.25, 0.3) is 5.91 Å². The fourth-order valence-corrected chi connectivity index (χ4v) is 1.44. The molecule has 0 saturated heterocycles. The number of aromatic nitrogens is 3. The number of aliphatic carboxylic acids is 1. The van der Waals surface area contributed by atoms with Crippen LogP contribution >= 0.6 is 0 Å². The highest BCUT2D eigenvalue weighted by molar-refractivity contribution is 5.94. The first-order valence-corrected chi connectivity index (χ1v) is 6.07. The minimum atomic E-state index is -1.09. The predicted octanol–water partition coefficient (Wildman–Crippen LogP) is -1.80. The van der Waals surface area contributed by atoms with Crippen LogP contribution in [0.15, 0.2) is 6.20 Å². The largest absolute Gasteiger partial charge is 0.480 e. The van der Waals surface area contributed by atoms with Crippen LogP contribution in [0.4, 0.5) is 0 Å². The molecule has 0 aliphatic carbocycles. The topological polar surface area (TPSA) is 127 Å². The van der Waals surface area contributed by atoms with Crippen LogP contribution in [-0.2, 0) is 20.9 Å². The van der Waals surface area contributed by atoms with Crippen molar-refractivity contribution in [3.8, 4) is 0 Å². The van der Waals surface area contributed by atoms with Gasteiger partial charge >= 0.3 is 5.97 Å². The number of carbonyl (C=O) groups excluding carboxylic acids is 2. The van der Waals surface area contributed by atoms with Crippen molar-refractivity contribution < 1.29 is 24.2 Å². The molecule has 0 spiro atoms. The van der Waals surface area contributed by atoms with E-state index in [0.29, 0.717) is 13.2 Å². The van der Waals surface area contributed by atoms with E-state index in [1.165, 1.54) is 20.4 Å².